The van der Waals surface area contributed by atoms with Crippen LogP contribution in [0.4, 0.5) is 0 Å². The Hall–Kier alpha value is -1.95. The molecule has 3 aliphatic heterocycles. The lowest BCUT2D eigenvalue weighted by Gasteiger charge is -2.42. The van der Waals surface area contributed by atoms with E-state index in [1.165, 1.54) is 0 Å². The highest BCUT2D eigenvalue weighted by molar-refractivity contribution is 6.00. The van der Waals surface area contributed by atoms with Gasteiger partial charge in [-0.25, -0.2) is 5.43 Å². The second-order valence-electron chi connectivity index (χ2n) is 8.54. The predicted molar refractivity (Wildman–Crippen MR) is 106 cm³/mol. The third kappa shape index (κ3) is 4.22. The molecule has 6 unspecified atom stereocenters. The Kier molecular flexibility index (Phi) is 6.38. The fourth-order valence-corrected chi connectivity index (χ4v) is 4.99. The molecule has 5 N–H and O–H groups in total. The average molecular weight is 389 g/mol. The van der Waals surface area contributed by atoms with Crippen molar-refractivity contribution < 1.29 is 9.59 Å². The van der Waals surface area contributed by atoms with Crippen molar-refractivity contribution in [2.24, 2.45) is 11.8 Å². The monoisotopic (exact) mass is 388 g/mol. The van der Waals surface area contributed by atoms with Crippen LogP contribution >= 0.6 is 0 Å². The summed E-state index contributed by atoms with van der Waals surface area (Å²) in [4.78, 5) is 25.3. The second-order valence-corrected chi connectivity index (χ2v) is 8.54. The summed E-state index contributed by atoms with van der Waals surface area (Å²) in [5, 5.41) is 18.6. The minimum absolute atomic E-state index is 0.0238. The van der Waals surface area contributed by atoms with Crippen molar-refractivity contribution in [3.63, 3.8) is 0 Å². The van der Waals surface area contributed by atoms with E-state index in [0.29, 0.717) is 5.57 Å². The minimum atomic E-state index is -0.216. The zero-order valence-corrected chi connectivity index (χ0v) is 17.1. The molecule has 8 nitrogen and oxygen atoms in total. The first-order valence-corrected chi connectivity index (χ1v) is 10.3. The molecule has 0 saturated carbocycles. The van der Waals surface area contributed by atoms with E-state index in [9.17, 15) is 9.59 Å². The van der Waals surface area contributed by atoms with E-state index in [1.807, 2.05) is 13.8 Å². The summed E-state index contributed by atoms with van der Waals surface area (Å²) < 4.78 is 0. The Labute approximate surface area is 166 Å². The molecule has 28 heavy (non-hydrogen) atoms. The molecule has 154 valence electrons. The average Bonchev–Trinajstić information content (AvgIpc) is 2.64. The molecule has 3 rings (SSSR count). The van der Waals surface area contributed by atoms with Crippen LogP contribution in [0.25, 0.3) is 0 Å². The van der Waals surface area contributed by atoms with Crippen molar-refractivity contribution in [3.05, 3.63) is 11.1 Å². The van der Waals surface area contributed by atoms with E-state index in [4.69, 9.17) is 5.26 Å². The van der Waals surface area contributed by atoms with E-state index >= 15 is 0 Å². The Balaban J connectivity index is 1.63. The number of amides is 2. The van der Waals surface area contributed by atoms with Gasteiger partial charge in [0.15, 0.2) is 0 Å². The molecule has 0 aromatic carbocycles. The molecule has 2 saturated heterocycles. The Morgan fingerprint density at radius 1 is 1.36 bits per heavy atom. The molecule has 2 fully saturated rings. The minimum Gasteiger partial charge on any atom is -0.352 e. The van der Waals surface area contributed by atoms with E-state index in [0.717, 1.165) is 25.0 Å². The van der Waals surface area contributed by atoms with Crippen LogP contribution in [0.3, 0.4) is 0 Å². The molecular formula is C20H32N6O2. The maximum Gasteiger partial charge on any atom is 0.247 e. The van der Waals surface area contributed by atoms with Crippen molar-refractivity contribution in [1.29, 1.82) is 5.26 Å². The van der Waals surface area contributed by atoms with Gasteiger partial charge in [0.05, 0.1) is 12.5 Å². The number of nitriles is 1. The summed E-state index contributed by atoms with van der Waals surface area (Å²) in [7, 11) is 0. The van der Waals surface area contributed by atoms with E-state index in [-0.39, 0.29) is 60.3 Å². The van der Waals surface area contributed by atoms with Crippen molar-refractivity contribution in [1.82, 2.24) is 26.8 Å². The summed E-state index contributed by atoms with van der Waals surface area (Å²) in [6, 6.07) is 2.33. The van der Waals surface area contributed by atoms with Crippen LogP contribution < -0.4 is 26.8 Å². The Morgan fingerprint density at radius 2 is 2.11 bits per heavy atom. The number of hydrogen-bond donors (Lipinski definition) is 5. The van der Waals surface area contributed by atoms with Crippen LogP contribution in [-0.4, -0.2) is 48.6 Å². The lowest BCUT2D eigenvalue weighted by molar-refractivity contribution is -0.125. The van der Waals surface area contributed by atoms with Crippen LogP contribution in [0, 0.1) is 23.2 Å². The first-order valence-electron chi connectivity index (χ1n) is 10.3. The topological polar surface area (TPSA) is 118 Å². The first-order chi connectivity index (χ1) is 13.3. The van der Waals surface area contributed by atoms with Gasteiger partial charge in [0.25, 0.3) is 0 Å². The van der Waals surface area contributed by atoms with Gasteiger partial charge in [-0.15, -0.1) is 0 Å². The van der Waals surface area contributed by atoms with Crippen molar-refractivity contribution in [2.45, 2.75) is 77.2 Å². The molecule has 3 aliphatic rings. The molecule has 7 atom stereocenters. The SMILES string of the molecule is CC1=C(CC(=O)N[C@@H](C)C2NNC(C#N)CC2C)C(=O)NC2CCNC(C)C12. The van der Waals surface area contributed by atoms with Gasteiger partial charge in [-0.3, -0.25) is 15.0 Å². The first kappa shape index (κ1) is 20.8. The number of rotatable bonds is 4. The van der Waals surface area contributed by atoms with Gasteiger partial charge in [0.1, 0.15) is 6.04 Å². The molecule has 2 amide bonds. The highest BCUT2D eigenvalue weighted by Crippen LogP contribution is 2.32. The van der Waals surface area contributed by atoms with Gasteiger partial charge >= 0.3 is 0 Å². The Bertz CT molecular complexity index is 699. The molecule has 0 spiro atoms. The number of hydrazine groups is 1. The maximum atomic E-state index is 12.7. The quantitative estimate of drug-likeness (QED) is 0.466. The maximum absolute atomic E-state index is 12.7. The lowest BCUT2D eigenvalue weighted by Crippen LogP contribution is -2.62. The van der Waals surface area contributed by atoms with Crippen LogP contribution in [0.1, 0.15) is 47.0 Å². The number of nitrogens with zero attached hydrogens (tertiary/aromatic N) is 1. The molecule has 0 aromatic heterocycles. The molecule has 0 aliphatic carbocycles. The van der Waals surface area contributed by atoms with Crippen LogP contribution in [0.2, 0.25) is 0 Å². The van der Waals surface area contributed by atoms with Crippen LogP contribution in [0.5, 0.6) is 0 Å². The lowest BCUT2D eigenvalue weighted by atomic mass is 9.76. The van der Waals surface area contributed by atoms with Crippen molar-refractivity contribution in [2.75, 3.05) is 6.54 Å². The number of fused-ring (bicyclic) bond motifs is 1. The summed E-state index contributed by atoms with van der Waals surface area (Å²) in [5.74, 6) is 0.218. The highest BCUT2D eigenvalue weighted by Gasteiger charge is 2.39. The third-order valence-electron chi connectivity index (χ3n) is 6.53. The molecule has 3 heterocycles. The van der Waals surface area contributed by atoms with Crippen LogP contribution in [-0.2, 0) is 9.59 Å². The Morgan fingerprint density at radius 3 is 2.79 bits per heavy atom. The van der Waals surface area contributed by atoms with Gasteiger partial charge in [-0.05, 0) is 46.1 Å². The zero-order valence-electron chi connectivity index (χ0n) is 17.1. The number of carbonyl (C=O) groups excluding carboxylic acids is 2. The fraction of sp³-hybridized carbons (Fsp3) is 0.750. The van der Waals surface area contributed by atoms with Crippen molar-refractivity contribution in [3.8, 4) is 6.07 Å². The van der Waals surface area contributed by atoms with Gasteiger partial charge in [-0.2, -0.15) is 5.26 Å². The third-order valence-corrected chi connectivity index (χ3v) is 6.53. The number of hydrogen-bond acceptors (Lipinski definition) is 6. The van der Waals surface area contributed by atoms with Crippen molar-refractivity contribution >= 4 is 11.8 Å². The number of piperidine rings is 1. The van der Waals surface area contributed by atoms with Gasteiger partial charge < -0.3 is 16.0 Å². The normalized spacial score (nSPS) is 36.8. The molecule has 0 bridgehead atoms. The second kappa shape index (κ2) is 8.60. The summed E-state index contributed by atoms with van der Waals surface area (Å²) in [6.45, 7) is 9.05. The number of carbonyl (C=O) groups is 2. The largest absolute Gasteiger partial charge is 0.352 e. The van der Waals surface area contributed by atoms with Crippen LogP contribution in [0.15, 0.2) is 11.1 Å². The van der Waals surface area contributed by atoms with E-state index < -0.39 is 0 Å². The summed E-state index contributed by atoms with van der Waals surface area (Å²) >= 11 is 0. The molecular weight excluding hydrogens is 356 g/mol. The smallest absolute Gasteiger partial charge is 0.247 e. The van der Waals surface area contributed by atoms with E-state index in [1.54, 1.807) is 0 Å². The van der Waals surface area contributed by atoms with Gasteiger partial charge in [-0.1, -0.05) is 12.5 Å². The van der Waals surface area contributed by atoms with E-state index in [2.05, 4.69) is 46.7 Å². The standard InChI is InChI=1S/C20H32N6O2/c1-10-7-14(9-21)25-26-19(10)13(4)23-17(27)8-15-11(2)18-12(3)22-6-5-16(18)24-20(15)28/h10,12-14,16,18-19,22,25-26H,5-8H2,1-4H3,(H,23,27)(H,24,28)/t10?,12?,13-,14?,16?,18?,19?/m0/s1. The molecule has 0 aromatic rings. The predicted octanol–water partition coefficient (Wildman–Crippen LogP) is 0.0889. The molecule has 0 radical (unpaired) electrons. The summed E-state index contributed by atoms with van der Waals surface area (Å²) in [6.07, 6.45) is 1.73. The van der Waals surface area contributed by atoms with Gasteiger partial charge in [0.2, 0.25) is 11.8 Å². The molecule has 8 heteroatoms. The fourth-order valence-electron chi connectivity index (χ4n) is 4.99. The zero-order chi connectivity index (χ0) is 20.4. The summed E-state index contributed by atoms with van der Waals surface area (Å²) in [5.41, 5.74) is 7.76. The van der Waals surface area contributed by atoms with Gasteiger partial charge in [0, 0.05) is 35.7 Å². The number of nitrogens with one attached hydrogen (secondary N) is 5. The highest BCUT2D eigenvalue weighted by atomic mass is 16.2.